The summed E-state index contributed by atoms with van der Waals surface area (Å²) in [5.74, 6) is 14.0. The summed E-state index contributed by atoms with van der Waals surface area (Å²) in [5.41, 5.74) is 52.7. The summed E-state index contributed by atoms with van der Waals surface area (Å²) in [6.45, 7) is 62.2. The summed E-state index contributed by atoms with van der Waals surface area (Å²) >= 11 is 0. The second-order valence-corrected chi connectivity index (χ2v) is 41.2. The zero-order chi connectivity index (χ0) is 92.2. The van der Waals surface area contributed by atoms with Crippen LogP contribution in [0, 0.1) is 76.4 Å². The standard InChI is InChI=1S/2C14H21N5.C13H19N5.2C13H17N5.C12H19N5.C11H17N5/c2*1-8(14(2,3)4)19-7-16-10-11(15)17-12(9-5-6-9)18-13(10)19;1-13(2,3)6-18-7-15-9-10(14)16-11(8-4-5-8)17-12(9)18;2*1-6-9-16-11(14)10-12(17-9)18(7-15-10)8(2)13(3,4)5;1-7(12(3,4)5)17-6-14-9-10(13)15-8(2)16-11(9)17;1-7-14-9(12)8-10(15-7)16(6-13-8)5-11(2,3)4/h2*7-9H,5-6H2,1-4H3,(H2,15,17,18);7-8H,4-6H2,1-3H3,(H2,14,16,17);2*1,7-8H,2-5H3,(H2,14,16,17);6-7H,1-5H3,(H2,13,15,16);6H,5H2,1-4H3,(H2,12,14,15)/t2*8-;;2*8-;7-;/m10.100./s1. The Kier molecular flexibility index (Phi) is 26.3. The highest BCUT2D eigenvalue weighted by molar-refractivity contribution is 5.86. The Labute approximate surface area is 733 Å². The van der Waals surface area contributed by atoms with Crippen molar-refractivity contribution >= 4 is 119 Å². The van der Waals surface area contributed by atoms with Gasteiger partial charge in [0, 0.05) is 61.1 Å². The van der Waals surface area contributed by atoms with Gasteiger partial charge in [-0.15, -0.1) is 12.8 Å². The number of imidazole rings is 7. The largest absolute Gasteiger partial charge is 0.382 e. The van der Waals surface area contributed by atoms with E-state index in [0.29, 0.717) is 133 Å². The Hall–Kier alpha value is -12.4. The van der Waals surface area contributed by atoms with E-state index in [1.807, 2.05) is 46.5 Å². The van der Waals surface area contributed by atoms with Crippen molar-refractivity contribution in [3.05, 3.63) is 85.1 Å². The van der Waals surface area contributed by atoms with Crippen LogP contribution in [0.2, 0.25) is 0 Å². The van der Waals surface area contributed by atoms with Crippen LogP contribution in [0.3, 0.4) is 0 Å². The Morgan fingerprint density at radius 2 is 0.488 bits per heavy atom. The molecule has 17 rings (SSSR count). The summed E-state index contributed by atoms with van der Waals surface area (Å²) in [6, 6.07) is 1.35. The molecule has 0 bridgehead atoms. The van der Waals surface area contributed by atoms with Crippen molar-refractivity contribution in [2.45, 2.75) is 293 Å². The van der Waals surface area contributed by atoms with Crippen LogP contribution >= 0.6 is 0 Å². The van der Waals surface area contributed by atoms with Crippen LogP contribution in [0.1, 0.15) is 307 Å². The number of nitrogens with zero attached hydrogens (tertiary/aromatic N) is 28. The molecule has 0 aromatic carbocycles. The Morgan fingerprint density at radius 3 is 0.728 bits per heavy atom. The van der Waals surface area contributed by atoms with Crippen LogP contribution in [-0.2, 0) is 13.1 Å². The lowest BCUT2D eigenvalue weighted by Gasteiger charge is -2.28. The van der Waals surface area contributed by atoms with Gasteiger partial charge in [0.15, 0.2) is 80.3 Å². The number of rotatable bonds is 10. The highest BCUT2D eigenvalue weighted by Crippen LogP contribution is 2.44. The third-order valence-electron chi connectivity index (χ3n) is 23.2. The molecule has 0 amide bonds. The monoisotopic (exact) mass is 1700 g/mol. The number of anilines is 7. The molecule has 35 heteroatoms. The van der Waals surface area contributed by atoms with Crippen molar-refractivity contribution in [2.75, 3.05) is 40.1 Å². The molecule has 0 saturated heterocycles. The van der Waals surface area contributed by atoms with E-state index in [9.17, 15) is 0 Å². The van der Waals surface area contributed by atoms with Crippen LogP contribution in [0.15, 0.2) is 44.3 Å². The van der Waals surface area contributed by atoms with Crippen molar-refractivity contribution in [1.29, 1.82) is 0 Å². The molecule has 125 heavy (non-hydrogen) atoms. The molecule has 3 aliphatic carbocycles. The average molecular weight is 1700 g/mol. The fraction of sp³-hybridized carbons (Fsp3) is 0.567. The first-order valence-electron chi connectivity index (χ1n) is 42.9. The first-order chi connectivity index (χ1) is 58.0. The third kappa shape index (κ3) is 21.9. The van der Waals surface area contributed by atoms with E-state index in [1.54, 1.807) is 25.3 Å². The molecule has 35 nitrogen and oxygen atoms in total. The average Bonchev–Trinajstić information content (AvgIpc) is 1.62. The highest BCUT2D eigenvalue weighted by Gasteiger charge is 2.35. The minimum Gasteiger partial charge on any atom is -0.382 e. The number of nitrogen functional groups attached to an aromatic ring is 7. The Bertz CT molecular complexity index is 6060. The summed E-state index contributed by atoms with van der Waals surface area (Å²) < 4.78 is 14.4. The normalized spacial score (nSPS) is 15.2. The minimum absolute atomic E-state index is 0.0870. The van der Waals surface area contributed by atoms with Crippen LogP contribution in [-0.4, -0.2) is 137 Å². The molecule has 666 valence electrons. The van der Waals surface area contributed by atoms with Gasteiger partial charge in [-0.3, -0.25) is 0 Å². The van der Waals surface area contributed by atoms with Crippen molar-refractivity contribution in [1.82, 2.24) is 137 Å². The number of aryl methyl sites for hydroxylation is 2. The number of fused-ring (bicyclic) bond motifs is 7. The van der Waals surface area contributed by atoms with E-state index in [0.717, 1.165) is 75.3 Å². The topological polar surface area (TPSA) is 487 Å². The van der Waals surface area contributed by atoms with Crippen molar-refractivity contribution in [2.24, 2.45) is 37.9 Å². The maximum Gasteiger partial charge on any atom is 0.208 e. The van der Waals surface area contributed by atoms with Gasteiger partial charge in [0.1, 0.15) is 67.7 Å². The molecule has 3 aliphatic rings. The van der Waals surface area contributed by atoms with Crippen molar-refractivity contribution in [3.63, 3.8) is 0 Å². The fourth-order valence-corrected chi connectivity index (χ4v) is 13.4. The molecule has 5 atom stereocenters. The van der Waals surface area contributed by atoms with Crippen LogP contribution in [0.4, 0.5) is 40.7 Å². The molecule has 0 aliphatic heterocycles. The van der Waals surface area contributed by atoms with E-state index in [-0.39, 0.29) is 50.0 Å². The van der Waals surface area contributed by atoms with Gasteiger partial charge in [-0.2, -0.15) is 0 Å². The van der Waals surface area contributed by atoms with E-state index < -0.39 is 0 Å². The van der Waals surface area contributed by atoms with Gasteiger partial charge >= 0.3 is 0 Å². The summed E-state index contributed by atoms with van der Waals surface area (Å²) in [4.78, 5) is 91.1. The zero-order valence-electron chi connectivity index (χ0n) is 78.5. The molecule has 0 spiro atoms. The highest BCUT2D eigenvalue weighted by atomic mass is 15.2. The molecule has 14 heterocycles. The van der Waals surface area contributed by atoms with Gasteiger partial charge < -0.3 is 72.1 Å². The second kappa shape index (κ2) is 35.3. The van der Waals surface area contributed by atoms with E-state index >= 15 is 0 Å². The third-order valence-corrected chi connectivity index (χ3v) is 23.2. The zero-order valence-corrected chi connectivity index (χ0v) is 78.5. The maximum absolute atomic E-state index is 6.02. The number of terminal acetylenes is 2. The van der Waals surface area contributed by atoms with Gasteiger partial charge in [-0.05, 0) is 137 Å². The summed E-state index contributed by atoms with van der Waals surface area (Å²) in [5, 5.41) is 0. The predicted molar refractivity (Wildman–Crippen MR) is 499 cm³/mol. The molecule has 14 aromatic heterocycles. The van der Waals surface area contributed by atoms with Gasteiger partial charge in [0.05, 0.1) is 44.3 Å². The molecule has 14 N–H and O–H groups in total. The van der Waals surface area contributed by atoms with Gasteiger partial charge in [-0.25, -0.2) is 105 Å². The lowest BCUT2D eigenvalue weighted by atomic mass is 9.88. The molecular weight excluding hydrogens is 1570 g/mol. The summed E-state index contributed by atoms with van der Waals surface area (Å²) in [7, 11) is 0. The van der Waals surface area contributed by atoms with Crippen molar-refractivity contribution < 1.29 is 0 Å². The summed E-state index contributed by atoms with van der Waals surface area (Å²) in [6.07, 6.45) is 30.3. The van der Waals surface area contributed by atoms with E-state index in [4.69, 9.17) is 63.0 Å². The quantitative estimate of drug-likeness (QED) is 0.0625. The second-order valence-electron chi connectivity index (χ2n) is 41.2. The maximum atomic E-state index is 6.02. The first-order valence-corrected chi connectivity index (χ1v) is 42.9. The van der Waals surface area contributed by atoms with E-state index in [2.05, 4.69) is 305 Å². The first kappa shape index (κ1) is 93.3. The predicted octanol–water partition coefficient (Wildman–Crippen LogP) is 16.2. The number of hydrogen-bond donors (Lipinski definition) is 7. The van der Waals surface area contributed by atoms with E-state index in [1.165, 1.54) is 38.5 Å². The van der Waals surface area contributed by atoms with Crippen LogP contribution < -0.4 is 40.1 Å². The molecule has 3 saturated carbocycles. The molecule has 0 radical (unpaired) electrons. The lowest BCUT2D eigenvalue weighted by Crippen LogP contribution is -2.21. The van der Waals surface area contributed by atoms with Gasteiger partial charge in [-0.1, -0.05) is 145 Å². The smallest absolute Gasteiger partial charge is 0.208 e. The Morgan fingerprint density at radius 1 is 0.288 bits per heavy atom. The molecule has 0 unspecified atom stereocenters. The lowest BCUT2D eigenvalue weighted by molar-refractivity contribution is 0.266. The molecule has 3 fully saturated rings. The van der Waals surface area contributed by atoms with Crippen LogP contribution in [0.5, 0.6) is 0 Å². The van der Waals surface area contributed by atoms with Crippen molar-refractivity contribution in [3.8, 4) is 24.7 Å². The Balaban J connectivity index is 0.000000142. The van der Waals surface area contributed by atoms with Gasteiger partial charge in [0.2, 0.25) is 11.6 Å². The van der Waals surface area contributed by atoms with Gasteiger partial charge in [0.25, 0.3) is 0 Å². The number of nitrogens with two attached hydrogens (primary N) is 7. The fourth-order valence-electron chi connectivity index (χ4n) is 13.4. The molecule has 14 aromatic rings. The van der Waals surface area contributed by atoms with Crippen LogP contribution in [0.25, 0.3) is 78.1 Å². The molecular formula is C90H131N35. The SMILES string of the molecule is C#Cc1nc(N)c2ncn([C@@H](C)C(C)(C)C)c2n1.C#Cc1nc(N)c2ncn([C@H](C)C(C)(C)C)c2n1.CC(C)(C)Cn1cnc2c(N)nc(C3CC3)nc21.C[C@@H](n1cnc2c(N)nc(C3CC3)nc21)C(C)(C)C.C[C@H](n1cnc2c(N)nc(C3CC3)nc21)C(C)(C)C.Cc1nc(N)c2ncn(CC(C)(C)C)c2n1.Cc1nc(N)c2ncn([C@@H](C)C(C)(C)C)c2n1. The minimum atomic E-state index is 0.0870. The number of aromatic nitrogens is 28. The number of hydrogen-bond acceptors (Lipinski definition) is 28.